The average Bonchev–Trinajstić information content (AvgIpc) is 2.89. The second-order valence-electron chi connectivity index (χ2n) is 4.76. The molecule has 21 heavy (non-hydrogen) atoms. The van der Waals surface area contributed by atoms with Gasteiger partial charge in [0.05, 0.1) is 21.9 Å². The van der Waals surface area contributed by atoms with Crippen LogP contribution < -0.4 is 0 Å². The topological polar surface area (TPSA) is 78.0 Å². The molecule has 0 aliphatic carbocycles. The summed E-state index contributed by atoms with van der Waals surface area (Å²) < 4.78 is 1.70. The normalized spacial score (nSPS) is 10.6. The van der Waals surface area contributed by atoms with Crippen molar-refractivity contribution in [1.29, 1.82) is 0 Å². The highest BCUT2D eigenvalue weighted by atomic mass is 16.6. The van der Waals surface area contributed by atoms with Gasteiger partial charge in [0.2, 0.25) is 0 Å². The highest BCUT2D eigenvalue weighted by Gasteiger charge is 2.19. The number of carbonyl (C=O) groups is 1. The monoisotopic (exact) mass is 287 g/mol. The van der Waals surface area contributed by atoms with E-state index >= 15 is 0 Å². The van der Waals surface area contributed by atoms with E-state index in [-0.39, 0.29) is 17.0 Å². The van der Waals surface area contributed by atoms with E-state index in [4.69, 9.17) is 0 Å². The van der Waals surface area contributed by atoms with Crippen LogP contribution in [0.5, 0.6) is 0 Å². The molecule has 0 radical (unpaired) electrons. The van der Waals surface area contributed by atoms with Gasteiger partial charge in [-0.05, 0) is 38.0 Å². The number of benzene rings is 1. The molecule has 0 atom stereocenters. The van der Waals surface area contributed by atoms with Crippen molar-refractivity contribution >= 4 is 11.5 Å². The van der Waals surface area contributed by atoms with E-state index in [2.05, 4.69) is 5.10 Å². The molecule has 0 amide bonds. The van der Waals surface area contributed by atoms with Gasteiger partial charge in [0.15, 0.2) is 5.78 Å². The third-order valence-corrected chi connectivity index (χ3v) is 3.36. The van der Waals surface area contributed by atoms with Crippen molar-refractivity contribution in [3.8, 4) is 5.69 Å². The number of hydrogen-bond acceptors (Lipinski definition) is 4. The fourth-order valence-electron chi connectivity index (χ4n) is 2.22. The van der Waals surface area contributed by atoms with Gasteiger partial charge in [0.25, 0.3) is 5.69 Å². The molecule has 0 saturated heterocycles. The summed E-state index contributed by atoms with van der Waals surface area (Å²) in [6.07, 6.45) is 1.57. The first-order chi connectivity index (χ1) is 9.97. The summed E-state index contributed by atoms with van der Waals surface area (Å²) in [7, 11) is 0. The number of aryl methyl sites for hydroxylation is 2. The van der Waals surface area contributed by atoms with Crippen molar-refractivity contribution in [3.05, 3.63) is 51.3 Å². The van der Waals surface area contributed by atoms with Gasteiger partial charge in [-0.3, -0.25) is 14.9 Å². The Morgan fingerprint density at radius 2 is 2.00 bits per heavy atom. The molecule has 2 aromatic rings. The first kappa shape index (κ1) is 14.9. The fraction of sp³-hybridized carbons (Fsp3) is 0.333. The van der Waals surface area contributed by atoms with Gasteiger partial charge in [-0.25, -0.2) is 4.68 Å². The lowest BCUT2D eigenvalue weighted by molar-refractivity contribution is -0.385. The van der Waals surface area contributed by atoms with E-state index in [0.717, 1.165) is 24.2 Å². The molecule has 1 aromatic carbocycles. The number of hydrogen-bond donors (Lipinski definition) is 0. The van der Waals surface area contributed by atoms with Gasteiger partial charge < -0.3 is 0 Å². The largest absolute Gasteiger partial charge is 0.294 e. The molecule has 1 heterocycles. The zero-order chi connectivity index (χ0) is 15.6. The SMILES string of the molecule is CCc1cc(CC)n(-c2ccc(C(C)=O)c([N+](=O)[O-])c2)n1. The molecule has 6 heteroatoms. The maximum Gasteiger partial charge on any atom is 0.282 e. The van der Waals surface area contributed by atoms with E-state index in [9.17, 15) is 14.9 Å². The first-order valence-corrected chi connectivity index (χ1v) is 6.85. The van der Waals surface area contributed by atoms with Crippen LogP contribution in [0.15, 0.2) is 24.3 Å². The number of nitro groups is 1. The van der Waals surface area contributed by atoms with Crippen molar-refractivity contribution in [2.75, 3.05) is 0 Å². The quantitative estimate of drug-likeness (QED) is 0.481. The van der Waals surface area contributed by atoms with Crippen molar-refractivity contribution in [2.24, 2.45) is 0 Å². The lowest BCUT2D eigenvalue weighted by Crippen LogP contribution is -2.05. The standard InChI is InChI=1S/C15H17N3O3/c1-4-11-8-12(5-2)17(16-11)13-6-7-14(10(3)19)15(9-13)18(20)21/h6-9H,4-5H2,1-3H3. The third-order valence-electron chi connectivity index (χ3n) is 3.36. The molecule has 0 unspecified atom stereocenters. The summed E-state index contributed by atoms with van der Waals surface area (Å²) in [5.41, 5.74) is 2.45. The second-order valence-corrected chi connectivity index (χ2v) is 4.76. The number of aromatic nitrogens is 2. The van der Waals surface area contributed by atoms with Crippen LogP contribution >= 0.6 is 0 Å². The van der Waals surface area contributed by atoms with Gasteiger partial charge in [0, 0.05) is 11.8 Å². The van der Waals surface area contributed by atoms with E-state index in [1.54, 1.807) is 10.7 Å². The van der Waals surface area contributed by atoms with Gasteiger partial charge in [-0.2, -0.15) is 5.10 Å². The van der Waals surface area contributed by atoms with Crippen LogP contribution in [0, 0.1) is 10.1 Å². The maximum atomic E-state index is 11.5. The molecule has 6 nitrogen and oxygen atoms in total. The Bertz CT molecular complexity index is 704. The van der Waals surface area contributed by atoms with E-state index in [0.29, 0.717) is 5.69 Å². The fourth-order valence-corrected chi connectivity index (χ4v) is 2.22. The Morgan fingerprint density at radius 1 is 1.29 bits per heavy atom. The van der Waals surface area contributed by atoms with Crippen LogP contribution in [0.4, 0.5) is 5.69 Å². The Balaban J connectivity index is 2.60. The summed E-state index contributed by atoms with van der Waals surface area (Å²) in [5, 5.41) is 15.6. The van der Waals surface area contributed by atoms with Crippen LogP contribution in [0.25, 0.3) is 5.69 Å². The van der Waals surface area contributed by atoms with Crippen LogP contribution in [-0.2, 0) is 12.8 Å². The zero-order valence-electron chi connectivity index (χ0n) is 12.3. The van der Waals surface area contributed by atoms with Crippen LogP contribution in [0.3, 0.4) is 0 Å². The van der Waals surface area contributed by atoms with Crippen molar-refractivity contribution in [1.82, 2.24) is 9.78 Å². The molecular weight excluding hydrogens is 270 g/mol. The number of nitrogens with zero attached hydrogens (tertiary/aromatic N) is 3. The van der Waals surface area contributed by atoms with E-state index in [1.807, 2.05) is 19.9 Å². The molecule has 0 aliphatic rings. The Morgan fingerprint density at radius 3 is 2.52 bits per heavy atom. The van der Waals surface area contributed by atoms with E-state index in [1.165, 1.54) is 19.1 Å². The minimum absolute atomic E-state index is 0.115. The number of carbonyl (C=O) groups excluding carboxylic acids is 1. The van der Waals surface area contributed by atoms with Gasteiger partial charge in [-0.15, -0.1) is 0 Å². The summed E-state index contributed by atoms with van der Waals surface area (Å²) in [5.74, 6) is -0.321. The molecule has 0 fully saturated rings. The molecule has 0 spiro atoms. The Labute approximate surface area is 122 Å². The maximum absolute atomic E-state index is 11.5. The number of Topliss-reactive ketones (excluding diaryl/α,β-unsaturated/α-hetero) is 1. The van der Waals surface area contributed by atoms with Crippen LogP contribution in [0.2, 0.25) is 0 Å². The predicted octanol–water partition coefficient (Wildman–Crippen LogP) is 3.11. The molecule has 0 aliphatic heterocycles. The predicted molar refractivity (Wildman–Crippen MR) is 79.0 cm³/mol. The van der Waals surface area contributed by atoms with Crippen LogP contribution in [-0.4, -0.2) is 20.5 Å². The molecule has 2 rings (SSSR count). The third kappa shape index (κ3) is 2.84. The van der Waals surface area contributed by atoms with Gasteiger partial charge in [0.1, 0.15) is 0 Å². The summed E-state index contributed by atoms with van der Waals surface area (Å²) in [4.78, 5) is 22.1. The van der Waals surface area contributed by atoms with Crippen molar-refractivity contribution in [3.63, 3.8) is 0 Å². The summed E-state index contributed by atoms with van der Waals surface area (Å²) >= 11 is 0. The Hall–Kier alpha value is -2.50. The average molecular weight is 287 g/mol. The summed E-state index contributed by atoms with van der Waals surface area (Å²) in [6.45, 7) is 5.33. The Kier molecular flexibility index (Phi) is 4.16. The molecule has 0 saturated carbocycles. The van der Waals surface area contributed by atoms with Crippen molar-refractivity contribution < 1.29 is 9.72 Å². The zero-order valence-corrected chi connectivity index (χ0v) is 12.3. The smallest absolute Gasteiger partial charge is 0.282 e. The van der Waals surface area contributed by atoms with Gasteiger partial charge in [-0.1, -0.05) is 13.8 Å². The number of ketones is 1. The molecule has 0 bridgehead atoms. The highest BCUT2D eigenvalue weighted by molar-refractivity contribution is 5.98. The molecular formula is C15H17N3O3. The molecule has 0 N–H and O–H groups in total. The number of rotatable bonds is 5. The minimum atomic E-state index is -0.532. The lowest BCUT2D eigenvalue weighted by atomic mass is 10.1. The molecule has 1 aromatic heterocycles. The summed E-state index contributed by atoms with van der Waals surface area (Å²) in [6, 6.07) is 6.57. The highest BCUT2D eigenvalue weighted by Crippen LogP contribution is 2.24. The number of nitro benzene ring substituents is 1. The second kappa shape index (κ2) is 5.87. The van der Waals surface area contributed by atoms with Crippen molar-refractivity contribution in [2.45, 2.75) is 33.6 Å². The van der Waals surface area contributed by atoms with Gasteiger partial charge >= 0.3 is 0 Å². The van der Waals surface area contributed by atoms with Crippen LogP contribution in [0.1, 0.15) is 42.5 Å². The first-order valence-electron chi connectivity index (χ1n) is 6.85. The van der Waals surface area contributed by atoms with E-state index < -0.39 is 4.92 Å². The lowest BCUT2D eigenvalue weighted by Gasteiger charge is -2.07. The molecule has 110 valence electrons. The minimum Gasteiger partial charge on any atom is -0.294 e.